The van der Waals surface area contributed by atoms with Crippen molar-refractivity contribution in [3.8, 4) is 0 Å². The summed E-state index contributed by atoms with van der Waals surface area (Å²) in [5.41, 5.74) is 0. The molecule has 1 fully saturated rings. The van der Waals surface area contributed by atoms with Crippen LogP contribution in [0.2, 0.25) is 0 Å². The van der Waals surface area contributed by atoms with Crippen molar-refractivity contribution in [2.75, 3.05) is 10.7 Å². The monoisotopic (exact) mass is 282 g/mol. The fourth-order valence-electron chi connectivity index (χ4n) is 2.01. The Morgan fingerprint density at radius 2 is 1.64 bits per heavy atom. The molecule has 0 aliphatic heterocycles. The molecule has 0 aromatic rings. The van der Waals surface area contributed by atoms with Gasteiger partial charge in [-0.3, -0.25) is 0 Å². The summed E-state index contributed by atoms with van der Waals surface area (Å²) >= 11 is 7.13. The van der Waals surface area contributed by atoms with Gasteiger partial charge in [0.05, 0.1) is 0 Å². The highest BCUT2D eigenvalue weighted by Crippen LogP contribution is 2.33. The van der Waals surface area contributed by atoms with Crippen molar-refractivity contribution in [2.24, 2.45) is 11.8 Å². The second-order valence-corrected chi connectivity index (χ2v) is 4.88. The van der Waals surface area contributed by atoms with Gasteiger partial charge in [-0.25, -0.2) is 0 Å². The lowest BCUT2D eigenvalue weighted by Gasteiger charge is -2.29. The lowest BCUT2D eigenvalue weighted by molar-refractivity contribution is 0.257. The Bertz CT molecular complexity index is 102. The molecule has 11 heavy (non-hydrogen) atoms. The summed E-state index contributed by atoms with van der Waals surface area (Å²) < 4.78 is 0. The number of halogens is 2. The van der Waals surface area contributed by atoms with Crippen LogP contribution in [0.3, 0.4) is 0 Å². The summed E-state index contributed by atoms with van der Waals surface area (Å²) in [5.74, 6) is 1.95. The molecule has 0 N–H and O–H groups in total. The van der Waals surface area contributed by atoms with E-state index in [9.17, 15) is 0 Å². The topological polar surface area (TPSA) is 0 Å². The highest BCUT2D eigenvalue weighted by molar-refractivity contribution is 9.09. The molecule has 0 saturated heterocycles. The first kappa shape index (κ1) is 10.0. The molecule has 0 spiro atoms. The molecule has 0 aromatic heterocycles. The fourth-order valence-corrected chi connectivity index (χ4v) is 3.45. The average Bonchev–Trinajstić information content (AvgIpc) is 2.06. The molecule has 1 aliphatic carbocycles. The van der Waals surface area contributed by atoms with Gasteiger partial charge in [-0.1, -0.05) is 51.1 Å². The SMILES string of the molecule is BrCC[C@@H]1CCCC[C@H]1CBr. The molecule has 1 aliphatic rings. The third-order valence-electron chi connectivity index (χ3n) is 2.74. The molecule has 0 radical (unpaired) electrons. The molecule has 0 bridgehead atoms. The average molecular weight is 284 g/mol. The van der Waals surface area contributed by atoms with E-state index >= 15 is 0 Å². The van der Waals surface area contributed by atoms with E-state index in [1.54, 1.807) is 0 Å². The smallest absolute Gasteiger partial charge is 0.00623 e. The van der Waals surface area contributed by atoms with Crippen molar-refractivity contribution in [2.45, 2.75) is 32.1 Å². The first-order valence-corrected chi connectivity index (χ1v) is 6.74. The summed E-state index contributed by atoms with van der Waals surface area (Å²) in [5, 5.41) is 2.39. The van der Waals surface area contributed by atoms with E-state index in [0.29, 0.717) is 0 Å². The van der Waals surface area contributed by atoms with Crippen LogP contribution >= 0.6 is 31.9 Å². The zero-order valence-electron chi connectivity index (χ0n) is 6.86. The first-order valence-electron chi connectivity index (χ1n) is 4.50. The minimum atomic E-state index is 0.960. The molecule has 0 unspecified atom stereocenters. The van der Waals surface area contributed by atoms with Crippen molar-refractivity contribution in [3.05, 3.63) is 0 Å². The Labute approximate surface area is 86.4 Å². The minimum absolute atomic E-state index is 0.960. The molecular weight excluding hydrogens is 268 g/mol. The van der Waals surface area contributed by atoms with Gasteiger partial charge < -0.3 is 0 Å². The Balaban J connectivity index is 2.31. The first-order chi connectivity index (χ1) is 5.38. The summed E-state index contributed by atoms with van der Waals surface area (Å²) in [7, 11) is 0. The van der Waals surface area contributed by atoms with E-state index in [1.807, 2.05) is 0 Å². The zero-order valence-corrected chi connectivity index (χ0v) is 10.0. The number of hydrogen-bond acceptors (Lipinski definition) is 0. The van der Waals surface area contributed by atoms with Crippen LogP contribution in [0, 0.1) is 11.8 Å². The molecule has 0 nitrogen and oxygen atoms in total. The van der Waals surface area contributed by atoms with E-state index < -0.39 is 0 Å². The van der Waals surface area contributed by atoms with E-state index in [-0.39, 0.29) is 0 Å². The lowest BCUT2D eigenvalue weighted by Crippen LogP contribution is -2.20. The molecule has 1 saturated carbocycles. The predicted octanol–water partition coefficient (Wildman–Crippen LogP) is 3.97. The molecule has 0 amide bonds. The van der Waals surface area contributed by atoms with Crippen molar-refractivity contribution in [1.82, 2.24) is 0 Å². The van der Waals surface area contributed by atoms with Gasteiger partial charge in [0.2, 0.25) is 0 Å². The maximum Gasteiger partial charge on any atom is 0.00623 e. The molecule has 2 atom stereocenters. The fraction of sp³-hybridized carbons (Fsp3) is 1.00. The van der Waals surface area contributed by atoms with Gasteiger partial charge in [0.15, 0.2) is 0 Å². The summed E-state index contributed by atoms with van der Waals surface area (Å²) in [6.07, 6.45) is 7.19. The van der Waals surface area contributed by atoms with Crippen LogP contribution < -0.4 is 0 Å². The minimum Gasteiger partial charge on any atom is -0.0928 e. The summed E-state index contributed by atoms with van der Waals surface area (Å²) in [6, 6.07) is 0. The van der Waals surface area contributed by atoms with Crippen molar-refractivity contribution >= 4 is 31.9 Å². The van der Waals surface area contributed by atoms with Gasteiger partial charge in [0.1, 0.15) is 0 Å². The second-order valence-electron chi connectivity index (χ2n) is 3.44. The van der Waals surface area contributed by atoms with Gasteiger partial charge in [-0.2, -0.15) is 0 Å². The maximum absolute atomic E-state index is 3.61. The number of rotatable bonds is 3. The Kier molecular flexibility index (Phi) is 5.09. The van der Waals surface area contributed by atoms with E-state index in [0.717, 1.165) is 11.8 Å². The maximum atomic E-state index is 3.61. The summed E-state index contributed by atoms with van der Waals surface area (Å²) in [4.78, 5) is 0. The Morgan fingerprint density at radius 3 is 2.18 bits per heavy atom. The Morgan fingerprint density at radius 1 is 1.00 bits per heavy atom. The van der Waals surface area contributed by atoms with Crippen LogP contribution in [0.5, 0.6) is 0 Å². The third-order valence-corrected chi connectivity index (χ3v) is 4.03. The van der Waals surface area contributed by atoms with Crippen LogP contribution in [-0.2, 0) is 0 Å². The van der Waals surface area contributed by atoms with E-state index in [2.05, 4.69) is 31.9 Å². The lowest BCUT2D eigenvalue weighted by atomic mass is 9.79. The van der Waals surface area contributed by atoms with Crippen molar-refractivity contribution < 1.29 is 0 Å². The molecule has 0 aromatic carbocycles. The van der Waals surface area contributed by atoms with Gasteiger partial charge in [0.25, 0.3) is 0 Å². The van der Waals surface area contributed by atoms with Gasteiger partial charge in [-0.05, 0) is 24.7 Å². The molecule has 66 valence electrons. The molecular formula is C9H16Br2. The second kappa shape index (κ2) is 5.58. The highest BCUT2D eigenvalue weighted by Gasteiger charge is 2.22. The molecule has 1 rings (SSSR count). The van der Waals surface area contributed by atoms with Crippen LogP contribution in [-0.4, -0.2) is 10.7 Å². The van der Waals surface area contributed by atoms with Crippen LogP contribution in [0.1, 0.15) is 32.1 Å². The van der Waals surface area contributed by atoms with Crippen molar-refractivity contribution in [3.63, 3.8) is 0 Å². The normalized spacial score (nSPS) is 32.2. The van der Waals surface area contributed by atoms with Crippen LogP contribution in [0.25, 0.3) is 0 Å². The third kappa shape index (κ3) is 3.06. The number of alkyl halides is 2. The Hall–Kier alpha value is 0.960. The van der Waals surface area contributed by atoms with Gasteiger partial charge in [-0.15, -0.1) is 0 Å². The molecule has 2 heteroatoms. The number of hydrogen-bond donors (Lipinski definition) is 0. The van der Waals surface area contributed by atoms with Gasteiger partial charge in [0, 0.05) is 10.7 Å². The largest absolute Gasteiger partial charge is 0.0928 e. The van der Waals surface area contributed by atoms with E-state index in [1.165, 1.54) is 42.8 Å². The highest BCUT2D eigenvalue weighted by atomic mass is 79.9. The summed E-state index contributed by atoms with van der Waals surface area (Å²) in [6.45, 7) is 0. The molecule has 0 heterocycles. The van der Waals surface area contributed by atoms with E-state index in [4.69, 9.17) is 0 Å². The van der Waals surface area contributed by atoms with Crippen LogP contribution in [0.15, 0.2) is 0 Å². The van der Waals surface area contributed by atoms with Crippen LogP contribution in [0.4, 0.5) is 0 Å². The predicted molar refractivity (Wildman–Crippen MR) is 57.7 cm³/mol. The standard InChI is InChI=1S/C9H16Br2/c10-6-5-8-3-1-2-4-9(8)7-11/h8-9H,1-7H2/t8-,9-/m0/s1. The quantitative estimate of drug-likeness (QED) is 0.688. The van der Waals surface area contributed by atoms with Gasteiger partial charge >= 0.3 is 0 Å². The zero-order chi connectivity index (χ0) is 8.10. The van der Waals surface area contributed by atoms with Crippen molar-refractivity contribution in [1.29, 1.82) is 0 Å².